The van der Waals surface area contributed by atoms with Gasteiger partial charge in [0.25, 0.3) is 17.4 Å². The lowest BCUT2D eigenvalue weighted by molar-refractivity contribution is 0.0754. The molecule has 0 spiro atoms. The predicted octanol–water partition coefficient (Wildman–Crippen LogP) is 3.16. The molecule has 5 nitrogen and oxygen atoms in total. The van der Waals surface area contributed by atoms with Gasteiger partial charge in [0.05, 0.1) is 17.7 Å². The van der Waals surface area contributed by atoms with E-state index in [0.29, 0.717) is 28.5 Å². The average molecular weight is 400 g/mol. The summed E-state index contributed by atoms with van der Waals surface area (Å²) in [6.45, 7) is 2.45. The maximum Gasteiger partial charge on any atom is 0.269 e. The molecule has 0 N–H and O–H groups in total. The SMILES string of the molecule is Cc1c2c(n(C)c(=O)c1Cl)CN(C(=O)c1cnc(CC3CC3(F)F)s1)C2. The van der Waals surface area contributed by atoms with Crippen LogP contribution in [0.3, 0.4) is 0 Å². The van der Waals surface area contributed by atoms with E-state index in [1.165, 1.54) is 10.8 Å². The number of aromatic nitrogens is 2. The summed E-state index contributed by atoms with van der Waals surface area (Å²) in [5.74, 6) is -3.46. The number of thiazole rings is 1. The second-order valence-electron chi connectivity index (χ2n) is 6.87. The molecule has 3 heterocycles. The van der Waals surface area contributed by atoms with Crippen molar-refractivity contribution in [1.29, 1.82) is 0 Å². The number of alkyl halides is 2. The van der Waals surface area contributed by atoms with Gasteiger partial charge in [0, 0.05) is 38.0 Å². The van der Waals surface area contributed by atoms with E-state index in [-0.39, 0.29) is 29.3 Å². The van der Waals surface area contributed by atoms with E-state index in [0.717, 1.165) is 22.6 Å². The molecule has 1 atom stereocenters. The second kappa shape index (κ2) is 5.85. The Bertz CT molecular complexity index is 985. The molecule has 9 heteroatoms. The van der Waals surface area contributed by atoms with Crippen molar-refractivity contribution in [2.24, 2.45) is 13.0 Å². The maximum absolute atomic E-state index is 13.0. The molecule has 2 aromatic rings. The predicted molar refractivity (Wildman–Crippen MR) is 93.9 cm³/mol. The highest BCUT2D eigenvalue weighted by molar-refractivity contribution is 7.13. The van der Waals surface area contributed by atoms with Gasteiger partial charge in [0.15, 0.2) is 0 Å². The number of carbonyl (C=O) groups excluding carboxylic acids is 1. The van der Waals surface area contributed by atoms with Crippen LogP contribution in [0.25, 0.3) is 0 Å². The van der Waals surface area contributed by atoms with E-state index in [9.17, 15) is 18.4 Å². The van der Waals surface area contributed by atoms with E-state index < -0.39 is 11.8 Å². The molecule has 138 valence electrons. The van der Waals surface area contributed by atoms with Crippen LogP contribution in [-0.2, 0) is 26.6 Å². The molecule has 26 heavy (non-hydrogen) atoms. The topological polar surface area (TPSA) is 55.2 Å². The fourth-order valence-electron chi connectivity index (χ4n) is 3.33. The summed E-state index contributed by atoms with van der Waals surface area (Å²) >= 11 is 7.25. The number of carbonyl (C=O) groups is 1. The van der Waals surface area contributed by atoms with E-state index in [4.69, 9.17) is 11.6 Å². The molecule has 1 unspecified atom stereocenters. The largest absolute Gasteiger partial charge is 0.328 e. The van der Waals surface area contributed by atoms with E-state index in [2.05, 4.69) is 4.98 Å². The van der Waals surface area contributed by atoms with E-state index in [1.54, 1.807) is 18.9 Å². The van der Waals surface area contributed by atoms with E-state index in [1.807, 2.05) is 0 Å². The highest BCUT2D eigenvalue weighted by Gasteiger charge is 2.56. The Morgan fingerprint density at radius 2 is 2.15 bits per heavy atom. The minimum absolute atomic E-state index is 0.106. The summed E-state index contributed by atoms with van der Waals surface area (Å²) in [5.41, 5.74) is 2.07. The summed E-state index contributed by atoms with van der Waals surface area (Å²) in [5, 5.41) is 0.727. The molecule has 0 bridgehead atoms. The van der Waals surface area contributed by atoms with Crippen LogP contribution < -0.4 is 5.56 Å². The zero-order valence-electron chi connectivity index (χ0n) is 14.2. The minimum atomic E-state index is -2.59. The van der Waals surface area contributed by atoms with Gasteiger partial charge in [-0.2, -0.15) is 0 Å². The quantitative estimate of drug-likeness (QED) is 0.796. The monoisotopic (exact) mass is 399 g/mol. The number of amides is 1. The van der Waals surface area contributed by atoms with Gasteiger partial charge >= 0.3 is 0 Å². The third-order valence-corrected chi connectivity index (χ3v) is 6.60. The highest BCUT2D eigenvalue weighted by Crippen LogP contribution is 2.50. The Hall–Kier alpha value is -1.80. The molecule has 4 rings (SSSR count). The van der Waals surface area contributed by atoms with Crippen molar-refractivity contribution in [2.75, 3.05) is 0 Å². The third-order valence-electron chi connectivity index (χ3n) is 5.15. The molecule has 0 saturated heterocycles. The lowest BCUT2D eigenvalue weighted by Crippen LogP contribution is -2.26. The molecule has 1 aliphatic carbocycles. The van der Waals surface area contributed by atoms with Crippen LogP contribution in [0.2, 0.25) is 5.02 Å². The van der Waals surface area contributed by atoms with Crippen LogP contribution in [0.1, 0.15) is 37.9 Å². The van der Waals surface area contributed by atoms with Gasteiger partial charge in [-0.3, -0.25) is 9.59 Å². The molecule has 1 amide bonds. The summed E-state index contributed by atoms with van der Waals surface area (Å²) < 4.78 is 27.6. The second-order valence-corrected chi connectivity index (χ2v) is 8.37. The van der Waals surface area contributed by atoms with Crippen molar-refractivity contribution in [3.8, 4) is 0 Å². The van der Waals surface area contributed by atoms with Crippen LogP contribution in [0.15, 0.2) is 11.0 Å². The Kier molecular flexibility index (Phi) is 3.96. The summed E-state index contributed by atoms with van der Waals surface area (Å²) in [4.78, 5) is 31.1. The Morgan fingerprint density at radius 1 is 1.46 bits per heavy atom. The molecule has 2 aromatic heterocycles. The highest BCUT2D eigenvalue weighted by atomic mass is 35.5. The van der Waals surface area contributed by atoms with Crippen LogP contribution >= 0.6 is 22.9 Å². The Morgan fingerprint density at radius 3 is 2.81 bits per heavy atom. The van der Waals surface area contributed by atoms with Crippen molar-refractivity contribution in [1.82, 2.24) is 14.5 Å². The molecule has 2 aliphatic rings. The van der Waals surface area contributed by atoms with Gasteiger partial charge in [0.2, 0.25) is 0 Å². The first-order chi connectivity index (χ1) is 12.2. The molecule has 0 aromatic carbocycles. The zero-order chi connectivity index (χ0) is 18.8. The molecular weight excluding hydrogens is 384 g/mol. The van der Waals surface area contributed by atoms with Crippen molar-refractivity contribution < 1.29 is 13.6 Å². The molecule has 1 fully saturated rings. The zero-order valence-corrected chi connectivity index (χ0v) is 15.8. The summed E-state index contributed by atoms with van der Waals surface area (Å²) in [7, 11) is 1.64. The van der Waals surface area contributed by atoms with Gasteiger partial charge in [-0.1, -0.05) is 11.6 Å². The number of halogens is 3. The first-order valence-electron chi connectivity index (χ1n) is 8.17. The van der Waals surface area contributed by atoms with Gasteiger partial charge in [-0.15, -0.1) is 11.3 Å². The van der Waals surface area contributed by atoms with Gasteiger partial charge in [0.1, 0.15) is 9.90 Å². The maximum atomic E-state index is 13.0. The third kappa shape index (κ3) is 2.75. The average Bonchev–Trinajstić information content (AvgIpc) is 3.03. The van der Waals surface area contributed by atoms with E-state index >= 15 is 0 Å². The van der Waals surface area contributed by atoms with Crippen LogP contribution in [-0.4, -0.2) is 26.3 Å². The molecular formula is C17H16ClF2N3O2S. The molecule has 1 saturated carbocycles. The lowest BCUT2D eigenvalue weighted by atomic mass is 10.1. The van der Waals surface area contributed by atoms with Crippen molar-refractivity contribution in [3.05, 3.63) is 48.3 Å². The number of hydrogen-bond acceptors (Lipinski definition) is 4. The van der Waals surface area contributed by atoms with Crippen LogP contribution in [0.4, 0.5) is 8.78 Å². The summed E-state index contributed by atoms with van der Waals surface area (Å²) in [6.07, 6.45) is 1.55. The fourth-order valence-corrected chi connectivity index (χ4v) is 4.53. The standard InChI is InChI=1S/C17H16ClF2N3O2S/c1-8-10-6-23(7-11(10)22(2)16(25)14(8)18)15(24)12-5-21-13(26-12)3-9-4-17(9,19)20/h5,9H,3-4,6-7H2,1-2H3. The first-order valence-corrected chi connectivity index (χ1v) is 9.37. The molecule has 1 aliphatic heterocycles. The minimum Gasteiger partial charge on any atom is -0.328 e. The Balaban J connectivity index is 1.53. The smallest absolute Gasteiger partial charge is 0.269 e. The molecule has 0 radical (unpaired) electrons. The number of pyridine rings is 1. The van der Waals surface area contributed by atoms with Crippen molar-refractivity contribution >= 4 is 28.8 Å². The van der Waals surface area contributed by atoms with Crippen molar-refractivity contribution in [3.63, 3.8) is 0 Å². The first kappa shape index (κ1) is 17.6. The van der Waals surface area contributed by atoms with Crippen LogP contribution in [0.5, 0.6) is 0 Å². The lowest BCUT2D eigenvalue weighted by Gasteiger charge is -2.13. The number of fused-ring (bicyclic) bond motifs is 1. The Labute approximate surface area is 157 Å². The van der Waals surface area contributed by atoms with Crippen LogP contribution in [0, 0.1) is 12.8 Å². The van der Waals surface area contributed by atoms with Gasteiger partial charge < -0.3 is 9.47 Å². The van der Waals surface area contributed by atoms with Gasteiger partial charge in [-0.05, 0) is 18.1 Å². The van der Waals surface area contributed by atoms with Gasteiger partial charge in [-0.25, -0.2) is 13.8 Å². The normalized spacial score (nSPS) is 20.3. The number of rotatable bonds is 3. The fraction of sp³-hybridized carbons (Fsp3) is 0.471. The van der Waals surface area contributed by atoms with Crippen molar-refractivity contribution in [2.45, 2.75) is 38.8 Å². The summed E-state index contributed by atoms with van der Waals surface area (Å²) in [6, 6.07) is 0. The number of hydrogen-bond donors (Lipinski definition) is 0. The number of nitrogens with zero attached hydrogens (tertiary/aromatic N) is 3.